The van der Waals surface area contributed by atoms with Gasteiger partial charge in [0.1, 0.15) is 6.10 Å². The van der Waals surface area contributed by atoms with E-state index in [0.717, 1.165) is 23.2 Å². The van der Waals surface area contributed by atoms with Crippen molar-refractivity contribution in [1.29, 1.82) is 0 Å². The van der Waals surface area contributed by atoms with E-state index in [1.165, 1.54) is 0 Å². The van der Waals surface area contributed by atoms with Gasteiger partial charge in [-0.05, 0) is 37.3 Å². The second kappa shape index (κ2) is 7.85. The number of para-hydroxylation sites is 1. The standard InChI is InChI=1S/C17H25NO2/c1-6-7-11-20-14(5)17(19)18-16-13(4)9-8-10-15(16)12(2)3/h6,8-10,12,14H,1,7,11H2,2-5H3,(H,18,19). The third kappa shape index (κ3) is 4.49. The Balaban J connectivity index is 2.77. The van der Waals surface area contributed by atoms with Gasteiger partial charge in [0, 0.05) is 5.69 Å². The average molecular weight is 275 g/mol. The van der Waals surface area contributed by atoms with Crippen LogP contribution in [0, 0.1) is 6.92 Å². The van der Waals surface area contributed by atoms with Crippen LogP contribution in [0.3, 0.4) is 0 Å². The summed E-state index contributed by atoms with van der Waals surface area (Å²) in [7, 11) is 0. The minimum atomic E-state index is -0.463. The number of benzene rings is 1. The molecule has 20 heavy (non-hydrogen) atoms. The minimum absolute atomic E-state index is 0.106. The van der Waals surface area contributed by atoms with Crippen LogP contribution in [0.15, 0.2) is 30.9 Å². The van der Waals surface area contributed by atoms with Crippen molar-refractivity contribution in [3.8, 4) is 0 Å². The van der Waals surface area contributed by atoms with Gasteiger partial charge in [0.05, 0.1) is 6.61 Å². The molecule has 0 radical (unpaired) electrons. The third-order valence-corrected chi connectivity index (χ3v) is 3.23. The summed E-state index contributed by atoms with van der Waals surface area (Å²) >= 11 is 0. The molecule has 0 aromatic heterocycles. The predicted octanol–water partition coefficient (Wildman–Crippen LogP) is 4.04. The second-order valence-electron chi connectivity index (χ2n) is 5.27. The molecule has 0 aliphatic heterocycles. The highest BCUT2D eigenvalue weighted by Crippen LogP contribution is 2.27. The fraction of sp³-hybridized carbons (Fsp3) is 0.471. The highest BCUT2D eigenvalue weighted by Gasteiger charge is 2.17. The topological polar surface area (TPSA) is 38.3 Å². The van der Waals surface area contributed by atoms with Gasteiger partial charge in [0.25, 0.3) is 5.91 Å². The van der Waals surface area contributed by atoms with Crippen LogP contribution in [-0.2, 0) is 9.53 Å². The molecule has 0 aliphatic rings. The predicted molar refractivity (Wildman–Crippen MR) is 84.1 cm³/mol. The van der Waals surface area contributed by atoms with Crippen molar-refractivity contribution in [2.24, 2.45) is 0 Å². The Kier molecular flexibility index (Phi) is 6.46. The molecule has 0 aliphatic carbocycles. The summed E-state index contributed by atoms with van der Waals surface area (Å²) in [5.74, 6) is 0.257. The minimum Gasteiger partial charge on any atom is -0.368 e. The molecule has 110 valence electrons. The van der Waals surface area contributed by atoms with Gasteiger partial charge < -0.3 is 10.1 Å². The van der Waals surface area contributed by atoms with E-state index in [1.54, 1.807) is 13.0 Å². The largest absolute Gasteiger partial charge is 0.368 e. The molecule has 1 aromatic rings. The van der Waals surface area contributed by atoms with E-state index >= 15 is 0 Å². The zero-order valence-corrected chi connectivity index (χ0v) is 12.9. The Hall–Kier alpha value is -1.61. The summed E-state index contributed by atoms with van der Waals surface area (Å²) in [5.41, 5.74) is 3.13. The van der Waals surface area contributed by atoms with Crippen molar-refractivity contribution in [1.82, 2.24) is 0 Å². The van der Waals surface area contributed by atoms with E-state index in [-0.39, 0.29) is 5.91 Å². The Morgan fingerprint density at radius 3 is 2.70 bits per heavy atom. The molecule has 1 N–H and O–H groups in total. The van der Waals surface area contributed by atoms with Crippen molar-refractivity contribution < 1.29 is 9.53 Å². The van der Waals surface area contributed by atoms with Gasteiger partial charge in [0.15, 0.2) is 0 Å². The maximum Gasteiger partial charge on any atom is 0.253 e. The second-order valence-corrected chi connectivity index (χ2v) is 5.27. The van der Waals surface area contributed by atoms with Crippen molar-refractivity contribution in [3.63, 3.8) is 0 Å². The summed E-state index contributed by atoms with van der Waals surface area (Å²) in [6.07, 6.45) is 2.07. The smallest absolute Gasteiger partial charge is 0.253 e. The molecule has 1 atom stereocenters. The fourth-order valence-corrected chi connectivity index (χ4v) is 1.97. The van der Waals surface area contributed by atoms with Crippen LogP contribution in [0.2, 0.25) is 0 Å². The van der Waals surface area contributed by atoms with E-state index in [0.29, 0.717) is 12.5 Å². The van der Waals surface area contributed by atoms with E-state index in [1.807, 2.05) is 19.1 Å². The van der Waals surface area contributed by atoms with Crippen molar-refractivity contribution in [2.75, 3.05) is 11.9 Å². The van der Waals surface area contributed by atoms with Crippen LogP contribution in [0.25, 0.3) is 0 Å². The van der Waals surface area contributed by atoms with E-state index in [9.17, 15) is 4.79 Å². The number of anilines is 1. The van der Waals surface area contributed by atoms with Gasteiger partial charge >= 0.3 is 0 Å². The first-order valence-corrected chi connectivity index (χ1v) is 7.10. The Bertz CT molecular complexity index is 466. The van der Waals surface area contributed by atoms with Crippen molar-refractivity contribution in [3.05, 3.63) is 42.0 Å². The molecule has 1 unspecified atom stereocenters. The monoisotopic (exact) mass is 275 g/mol. The van der Waals surface area contributed by atoms with Crippen LogP contribution in [0.4, 0.5) is 5.69 Å². The van der Waals surface area contributed by atoms with E-state index in [4.69, 9.17) is 4.74 Å². The molecule has 0 heterocycles. The first kappa shape index (κ1) is 16.4. The number of nitrogens with one attached hydrogen (secondary N) is 1. The Labute approximate surface area is 122 Å². The molecule has 0 fully saturated rings. The lowest BCUT2D eigenvalue weighted by atomic mass is 9.98. The van der Waals surface area contributed by atoms with Crippen LogP contribution in [0.5, 0.6) is 0 Å². The fourth-order valence-electron chi connectivity index (χ4n) is 1.97. The van der Waals surface area contributed by atoms with Gasteiger partial charge in [0.2, 0.25) is 0 Å². The van der Waals surface area contributed by atoms with Gasteiger partial charge in [-0.3, -0.25) is 4.79 Å². The van der Waals surface area contributed by atoms with E-state index < -0.39 is 6.10 Å². The summed E-state index contributed by atoms with van der Waals surface area (Å²) < 4.78 is 5.47. The van der Waals surface area contributed by atoms with Gasteiger partial charge in [-0.15, -0.1) is 6.58 Å². The van der Waals surface area contributed by atoms with Gasteiger partial charge in [-0.25, -0.2) is 0 Å². The molecule has 3 nitrogen and oxygen atoms in total. The number of rotatable bonds is 7. The number of aryl methyl sites for hydroxylation is 1. The molecule has 0 saturated heterocycles. The molecule has 0 saturated carbocycles. The summed E-state index contributed by atoms with van der Waals surface area (Å²) in [6, 6.07) is 6.07. The first-order valence-electron chi connectivity index (χ1n) is 7.10. The lowest BCUT2D eigenvalue weighted by Gasteiger charge is -2.19. The number of carbonyl (C=O) groups excluding carboxylic acids is 1. The molecule has 1 amide bonds. The normalized spacial score (nSPS) is 12.2. The van der Waals surface area contributed by atoms with Crippen molar-refractivity contribution in [2.45, 2.75) is 46.1 Å². The van der Waals surface area contributed by atoms with Gasteiger partial charge in [-0.1, -0.05) is 38.1 Å². The quantitative estimate of drug-likeness (QED) is 0.602. The van der Waals surface area contributed by atoms with E-state index in [2.05, 4.69) is 31.8 Å². The van der Waals surface area contributed by atoms with Crippen LogP contribution in [-0.4, -0.2) is 18.6 Å². The maximum atomic E-state index is 12.2. The van der Waals surface area contributed by atoms with Crippen LogP contribution >= 0.6 is 0 Å². The molecule has 1 rings (SSSR count). The summed E-state index contributed by atoms with van der Waals surface area (Å²) in [4.78, 5) is 12.2. The summed E-state index contributed by atoms with van der Waals surface area (Å²) in [5, 5.41) is 3.00. The number of amides is 1. The van der Waals surface area contributed by atoms with Crippen LogP contribution in [0.1, 0.15) is 44.2 Å². The molecule has 1 aromatic carbocycles. The molecule has 0 spiro atoms. The lowest BCUT2D eigenvalue weighted by molar-refractivity contribution is -0.126. The Morgan fingerprint density at radius 1 is 1.40 bits per heavy atom. The molecular formula is C17H25NO2. The molecular weight excluding hydrogens is 250 g/mol. The van der Waals surface area contributed by atoms with Crippen LogP contribution < -0.4 is 5.32 Å². The summed E-state index contributed by atoms with van der Waals surface area (Å²) in [6.45, 7) is 12.2. The number of hydrogen-bond donors (Lipinski definition) is 1. The third-order valence-electron chi connectivity index (χ3n) is 3.23. The zero-order chi connectivity index (χ0) is 15.1. The first-order chi connectivity index (χ1) is 9.47. The average Bonchev–Trinajstić information content (AvgIpc) is 2.40. The maximum absolute atomic E-state index is 12.2. The van der Waals surface area contributed by atoms with Crippen molar-refractivity contribution >= 4 is 11.6 Å². The zero-order valence-electron chi connectivity index (χ0n) is 12.9. The SMILES string of the molecule is C=CCCOC(C)C(=O)Nc1c(C)cccc1C(C)C. The number of hydrogen-bond acceptors (Lipinski definition) is 2. The molecule has 0 bridgehead atoms. The lowest BCUT2D eigenvalue weighted by Crippen LogP contribution is -2.28. The van der Waals surface area contributed by atoms with Gasteiger partial charge in [-0.2, -0.15) is 0 Å². The highest BCUT2D eigenvalue weighted by atomic mass is 16.5. The Morgan fingerprint density at radius 2 is 2.10 bits per heavy atom. The number of ether oxygens (including phenoxy) is 1. The number of carbonyl (C=O) groups is 1. The highest BCUT2D eigenvalue weighted by molar-refractivity contribution is 5.95. The molecule has 3 heteroatoms.